The van der Waals surface area contributed by atoms with Crippen LogP contribution in [0.4, 0.5) is 0 Å². The van der Waals surface area contributed by atoms with Gasteiger partial charge in [0.25, 0.3) is 0 Å². The molecular formula is C27H23NO5. The minimum atomic E-state index is -0.529. The summed E-state index contributed by atoms with van der Waals surface area (Å²) in [6.45, 7) is 6.11. The Hall–Kier alpha value is -4.19. The Kier molecular flexibility index (Phi) is 6.36. The van der Waals surface area contributed by atoms with Gasteiger partial charge in [-0.05, 0) is 68.8 Å². The van der Waals surface area contributed by atoms with E-state index < -0.39 is 11.9 Å². The summed E-state index contributed by atoms with van der Waals surface area (Å²) in [6, 6.07) is 19.8. The molecule has 1 aliphatic heterocycles. The van der Waals surface area contributed by atoms with Crippen LogP contribution in [0.3, 0.4) is 0 Å². The molecule has 3 aromatic carbocycles. The molecule has 33 heavy (non-hydrogen) atoms. The summed E-state index contributed by atoms with van der Waals surface area (Å²) in [6.07, 6.45) is 1.61. The molecule has 4 rings (SSSR count). The van der Waals surface area contributed by atoms with Crippen LogP contribution in [0.5, 0.6) is 11.5 Å². The topological polar surface area (TPSA) is 74.2 Å². The molecule has 0 unspecified atom stereocenters. The molecule has 166 valence electrons. The number of esters is 2. The molecule has 0 atom stereocenters. The monoisotopic (exact) mass is 441 g/mol. The number of hydrogen-bond acceptors (Lipinski definition) is 6. The van der Waals surface area contributed by atoms with Crippen molar-refractivity contribution in [3.63, 3.8) is 0 Å². The van der Waals surface area contributed by atoms with Crippen LogP contribution in [0.25, 0.3) is 6.08 Å². The van der Waals surface area contributed by atoms with Gasteiger partial charge in [-0.1, -0.05) is 41.5 Å². The van der Waals surface area contributed by atoms with Gasteiger partial charge in [0.15, 0.2) is 17.2 Å². The zero-order chi connectivity index (χ0) is 23.4. The SMILES string of the molecule is CCOc1cc(/C=C2/N=C(c3ccc(C)cc3)OC2=O)ccc1OC(=O)c1cccc(C)c1. The third-order valence-electron chi connectivity index (χ3n) is 4.95. The first-order valence-electron chi connectivity index (χ1n) is 10.6. The maximum atomic E-state index is 12.6. The lowest BCUT2D eigenvalue weighted by atomic mass is 10.1. The van der Waals surface area contributed by atoms with Gasteiger partial charge in [-0.25, -0.2) is 14.6 Å². The van der Waals surface area contributed by atoms with Gasteiger partial charge in [-0.15, -0.1) is 0 Å². The van der Waals surface area contributed by atoms with Crippen LogP contribution >= 0.6 is 0 Å². The Morgan fingerprint density at radius 3 is 2.48 bits per heavy atom. The summed E-state index contributed by atoms with van der Waals surface area (Å²) in [4.78, 5) is 29.2. The third kappa shape index (κ3) is 5.18. The van der Waals surface area contributed by atoms with Crippen LogP contribution in [0.2, 0.25) is 0 Å². The zero-order valence-electron chi connectivity index (χ0n) is 18.6. The summed E-state index contributed by atoms with van der Waals surface area (Å²) in [5.41, 5.74) is 4.09. The van der Waals surface area contributed by atoms with Crippen molar-refractivity contribution >= 4 is 23.9 Å². The maximum absolute atomic E-state index is 12.6. The van der Waals surface area contributed by atoms with Gasteiger partial charge in [0.1, 0.15) is 0 Å². The number of nitrogens with zero attached hydrogens (tertiary/aromatic N) is 1. The first kappa shape index (κ1) is 22.0. The Balaban J connectivity index is 1.59. The Morgan fingerprint density at radius 1 is 0.970 bits per heavy atom. The predicted octanol–water partition coefficient (Wildman–Crippen LogP) is 5.27. The fourth-order valence-corrected chi connectivity index (χ4v) is 3.28. The Morgan fingerprint density at radius 2 is 1.76 bits per heavy atom. The predicted molar refractivity (Wildman–Crippen MR) is 126 cm³/mol. The van der Waals surface area contributed by atoms with E-state index in [0.29, 0.717) is 29.2 Å². The van der Waals surface area contributed by atoms with E-state index >= 15 is 0 Å². The second kappa shape index (κ2) is 9.53. The smallest absolute Gasteiger partial charge is 0.363 e. The molecule has 3 aromatic rings. The molecule has 6 nitrogen and oxygen atoms in total. The van der Waals surface area contributed by atoms with E-state index in [1.807, 2.05) is 51.1 Å². The van der Waals surface area contributed by atoms with Gasteiger partial charge in [-0.3, -0.25) is 0 Å². The third-order valence-corrected chi connectivity index (χ3v) is 4.95. The van der Waals surface area contributed by atoms with Gasteiger partial charge in [-0.2, -0.15) is 0 Å². The van der Waals surface area contributed by atoms with E-state index in [0.717, 1.165) is 16.7 Å². The number of cyclic esters (lactones) is 1. The number of hydrogen-bond donors (Lipinski definition) is 0. The molecule has 0 saturated carbocycles. The lowest BCUT2D eigenvalue weighted by Crippen LogP contribution is -2.10. The van der Waals surface area contributed by atoms with Crippen LogP contribution in [0.1, 0.15) is 39.5 Å². The van der Waals surface area contributed by atoms with E-state index in [1.54, 1.807) is 42.5 Å². The standard InChI is InChI=1S/C27H23NO5/c1-4-31-24-16-19(10-13-23(24)32-26(29)21-7-5-6-18(3)14-21)15-22-27(30)33-25(28-22)20-11-8-17(2)9-12-20/h5-16H,4H2,1-3H3/b22-15+. The second-order valence-corrected chi connectivity index (χ2v) is 7.60. The van der Waals surface area contributed by atoms with Crippen LogP contribution < -0.4 is 9.47 Å². The normalized spacial score (nSPS) is 14.1. The lowest BCUT2D eigenvalue weighted by molar-refractivity contribution is -0.129. The quantitative estimate of drug-likeness (QED) is 0.296. The first-order valence-corrected chi connectivity index (χ1v) is 10.6. The first-order chi connectivity index (χ1) is 15.9. The molecule has 0 aromatic heterocycles. The minimum Gasteiger partial charge on any atom is -0.490 e. The molecule has 0 bridgehead atoms. The molecule has 0 fully saturated rings. The molecule has 0 N–H and O–H groups in total. The highest BCUT2D eigenvalue weighted by Crippen LogP contribution is 2.31. The molecule has 0 aliphatic carbocycles. The van der Waals surface area contributed by atoms with Crippen molar-refractivity contribution in [2.75, 3.05) is 6.61 Å². The number of carbonyl (C=O) groups excluding carboxylic acids is 2. The summed E-state index contributed by atoms with van der Waals surface area (Å²) in [5, 5.41) is 0. The van der Waals surface area contributed by atoms with Gasteiger partial charge in [0, 0.05) is 5.56 Å². The van der Waals surface area contributed by atoms with Crippen molar-refractivity contribution < 1.29 is 23.8 Å². The number of aryl methyl sites for hydroxylation is 2. The van der Waals surface area contributed by atoms with E-state index in [-0.39, 0.29) is 11.6 Å². The van der Waals surface area contributed by atoms with Crippen molar-refractivity contribution in [3.05, 3.63) is 100 Å². The Bertz CT molecular complexity index is 1270. The number of benzene rings is 3. The van der Waals surface area contributed by atoms with Crippen LogP contribution in [0, 0.1) is 13.8 Å². The van der Waals surface area contributed by atoms with E-state index in [9.17, 15) is 9.59 Å². The molecular weight excluding hydrogens is 418 g/mol. The summed E-state index contributed by atoms with van der Waals surface area (Å²) >= 11 is 0. The van der Waals surface area contributed by atoms with Crippen LogP contribution in [-0.2, 0) is 9.53 Å². The summed E-state index contributed by atoms with van der Waals surface area (Å²) in [5.74, 6) is -0.0544. The number of aliphatic imine (C=N–C) groups is 1. The van der Waals surface area contributed by atoms with Crippen molar-refractivity contribution in [1.82, 2.24) is 0 Å². The van der Waals surface area contributed by atoms with Crippen molar-refractivity contribution in [2.45, 2.75) is 20.8 Å². The molecule has 1 aliphatic rings. The van der Waals surface area contributed by atoms with E-state index in [4.69, 9.17) is 14.2 Å². The largest absolute Gasteiger partial charge is 0.490 e. The van der Waals surface area contributed by atoms with Crippen LogP contribution in [0.15, 0.2) is 77.4 Å². The van der Waals surface area contributed by atoms with Crippen molar-refractivity contribution in [1.29, 1.82) is 0 Å². The summed E-state index contributed by atoms with van der Waals surface area (Å²) < 4.78 is 16.6. The van der Waals surface area contributed by atoms with Crippen molar-refractivity contribution in [3.8, 4) is 11.5 Å². The Labute approximate surface area is 192 Å². The lowest BCUT2D eigenvalue weighted by Gasteiger charge is -2.11. The average Bonchev–Trinajstić information content (AvgIpc) is 3.16. The highest BCUT2D eigenvalue weighted by atomic mass is 16.6. The van der Waals surface area contributed by atoms with Gasteiger partial charge in [0.2, 0.25) is 5.90 Å². The van der Waals surface area contributed by atoms with E-state index in [1.165, 1.54) is 0 Å². The van der Waals surface area contributed by atoms with Gasteiger partial charge < -0.3 is 14.2 Å². The summed E-state index contributed by atoms with van der Waals surface area (Å²) in [7, 11) is 0. The maximum Gasteiger partial charge on any atom is 0.363 e. The average molecular weight is 441 g/mol. The molecule has 0 amide bonds. The number of carbonyl (C=O) groups is 2. The van der Waals surface area contributed by atoms with Gasteiger partial charge in [0.05, 0.1) is 12.2 Å². The number of rotatable bonds is 6. The van der Waals surface area contributed by atoms with E-state index in [2.05, 4.69) is 4.99 Å². The zero-order valence-corrected chi connectivity index (χ0v) is 18.6. The second-order valence-electron chi connectivity index (χ2n) is 7.60. The fraction of sp³-hybridized carbons (Fsp3) is 0.148. The fourth-order valence-electron chi connectivity index (χ4n) is 3.28. The molecule has 0 spiro atoms. The number of ether oxygens (including phenoxy) is 3. The highest BCUT2D eigenvalue weighted by molar-refractivity contribution is 6.12. The molecule has 0 radical (unpaired) electrons. The van der Waals surface area contributed by atoms with Crippen LogP contribution in [-0.4, -0.2) is 24.4 Å². The molecule has 0 saturated heterocycles. The highest BCUT2D eigenvalue weighted by Gasteiger charge is 2.24. The minimum absolute atomic E-state index is 0.178. The molecule has 1 heterocycles. The van der Waals surface area contributed by atoms with Gasteiger partial charge >= 0.3 is 11.9 Å². The molecule has 6 heteroatoms. The van der Waals surface area contributed by atoms with Crippen molar-refractivity contribution in [2.24, 2.45) is 4.99 Å².